The second-order valence-corrected chi connectivity index (χ2v) is 10.7. The molecule has 1 atom stereocenters. The van der Waals surface area contributed by atoms with E-state index in [9.17, 15) is 14.7 Å². The first-order valence-corrected chi connectivity index (χ1v) is 12.8. The van der Waals surface area contributed by atoms with Gasteiger partial charge in [-0.1, -0.05) is 53.7 Å². The van der Waals surface area contributed by atoms with Crippen LogP contribution >= 0.6 is 0 Å². The van der Waals surface area contributed by atoms with Gasteiger partial charge in [0.15, 0.2) is 0 Å². The third kappa shape index (κ3) is 5.75. The normalized spacial score (nSPS) is 17.7. The van der Waals surface area contributed by atoms with Crippen LogP contribution in [0.2, 0.25) is 0 Å². The maximum Gasteiger partial charge on any atom is 0.295 e. The molecule has 1 fully saturated rings. The van der Waals surface area contributed by atoms with Gasteiger partial charge in [0, 0.05) is 17.7 Å². The number of likely N-dealkylation sites (tertiary alicyclic amines) is 1. The molecule has 6 heteroatoms. The number of rotatable bonds is 9. The van der Waals surface area contributed by atoms with E-state index in [2.05, 4.69) is 34.6 Å². The standard InChI is InChI=1S/C30H39NO5/c1-8-15-31-26(20-11-10-12-22(16-20)36-18-19(3)4)25(28(33)29(31)34)27(32)21-13-14-24(35-9-2)23(17-21)30(5,6)7/h10-14,16-17,19,26,32H,8-9,15,18H2,1-7H3/b27-25+. The van der Waals surface area contributed by atoms with Crippen LogP contribution in [-0.4, -0.2) is 41.5 Å². The number of ketones is 1. The van der Waals surface area contributed by atoms with E-state index in [4.69, 9.17) is 9.47 Å². The number of benzene rings is 2. The summed E-state index contributed by atoms with van der Waals surface area (Å²) in [4.78, 5) is 27.9. The maximum absolute atomic E-state index is 13.3. The smallest absolute Gasteiger partial charge is 0.295 e. The molecule has 6 nitrogen and oxygen atoms in total. The molecule has 0 saturated carbocycles. The van der Waals surface area contributed by atoms with Gasteiger partial charge >= 0.3 is 0 Å². The van der Waals surface area contributed by atoms with Crippen molar-refractivity contribution in [3.63, 3.8) is 0 Å². The Bertz CT molecular complexity index is 1140. The minimum atomic E-state index is -0.697. The first-order valence-electron chi connectivity index (χ1n) is 12.8. The van der Waals surface area contributed by atoms with Crippen LogP contribution in [-0.2, 0) is 15.0 Å². The first kappa shape index (κ1) is 27.3. The number of aliphatic hydroxyl groups is 1. The van der Waals surface area contributed by atoms with Crippen molar-refractivity contribution < 1.29 is 24.2 Å². The molecule has 1 N–H and O–H groups in total. The maximum atomic E-state index is 13.3. The quantitative estimate of drug-likeness (QED) is 0.254. The van der Waals surface area contributed by atoms with E-state index in [1.165, 1.54) is 0 Å². The average Bonchev–Trinajstić information content (AvgIpc) is 3.07. The lowest BCUT2D eigenvalue weighted by molar-refractivity contribution is -0.139. The first-order chi connectivity index (χ1) is 17.0. The highest BCUT2D eigenvalue weighted by Crippen LogP contribution is 2.41. The lowest BCUT2D eigenvalue weighted by atomic mass is 9.84. The molecular formula is C30H39NO5. The molecule has 36 heavy (non-hydrogen) atoms. The van der Waals surface area contributed by atoms with Gasteiger partial charge in [0.25, 0.3) is 11.7 Å². The number of ether oxygens (including phenoxy) is 2. The van der Waals surface area contributed by atoms with Crippen LogP contribution in [0.1, 0.15) is 77.6 Å². The summed E-state index contributed by atoms with van der Waals surface area (Å²) < 4.78 is 11.7. The molecule has 0 bridgehead atoms. The predicted molar refractivity (Wildman–Crippen MR) is 142 cm³/mol. The molecule has 2 aromatic rings. The average molecular weight is 494 g/mol. The molecule has 0 radical (unpaired) electrons. The number of aliphatic hydroxyl groups excluding tert-OH is 1. The van der Waals surface area contributed by atoms with Gasteiger partial charge in [0.05, 0.1) is 24.8 Å². The Morgan fingerprint density at radius 1 is 1.06 bits per heavy atom. The monoisotopic (exact) mass is 493 g/mol. The van der Waals surface area contributed by atoms with E-state index >= 15 is 0 Å². The fourth-order valence-corrected chi connectivity index (χ4v) is 4.44. The Kier molecular flexibility index (Phi) is 8.49. The van der Waals surface area contributed by atoms with Gasteiger partial charge in [0.2, 0.25) is 0 Å². The summed E-state index contributed by atoms with van der Waals surface area (Å²) in [7, 11) is 0. The van der Waals surface area contributed by atoms with Crippen LogP contribution in [0.15, 0.2) is 48.0 Å². The van der Waals surface area contributed by atoms with Crippen LogP contribution in [0, 0.1) is 5.92 Å². The fourth-order valence-electron chi connectivity index (χ4n) is 4.44. The number of amides is 1. The molecular weight excluding hydrogens is 454 g/mol. The van der Waals surface area contributed by atoms with Crippen molar-refractivity contribution in [3.05, 3.63) is 64.7 Å². The van der Waals surface area contributed by atoms with Gasteiger partial charge < -0.3 is 19.5 Å². The zero-order valence-electron chi connectivity index (χ0n) is 22.6. The van der Waals surface area contributed by atoms with Crippen molar-refractivity contribution >= 4 is 17.4 Å². The molecule has 0 spiro atoms. The van der Waals surface area contributed by atoms with Crippen molar-refractivity contribution in [2.24, 2.45) is 5.92 Å². The second kappa shape index (κ2) is 11.2. The van der Waals surface area contributed by atoms with E-state index in [-0.39, 0.29) is 16.7 Å². The van der Waals surface area contributed by atoms with E-state index in [0.29, 0.717) is 43.4 Å². The minimum absolute atomic E-state index is 0.0958. The third-order valence-corrected chi connectivity index (χ3v) is 6.12. The third-order valence-electron chi connectivity index (χ3n) is 6.12. The highest BCUT2D eigenvalue weighted by Gasteiger charge is 2.45. The van der Waals surface area contributed by atoms with Gasteiger partial charge in [-0.05, 0) is 60.6 Å². The van der Waals surface area contributed by atoms with Crippen molar-refractivity contribution in [1.29, 1.82) is 0 Å². The van der Waals surface area contributed by atoms with Crippen LogP contribution < -0.4 is 9.47 Å². The number of carbonyl (C=O) groups is 2. The van der Waals surface area contributed by atoms with Gasteiger partial charge in [-0.3, -0.25) is 9.59 Å². The van der Waals surface area contributed by atoms with Crippen molar-refractivity contribution in [2.45, 2.75) is 66.3 Å². The van der Waals surface area contributed by atoms with Gasteiger partial charge in [0.1, 0.15) is 17.3 Å². The summed E-state index contributed by atoms with van der Waals surface area (Å²) in [6.45, 7) is 15.7. The molecule has 1 aliphatic rings. The Hall–Kier alpha value is -3.28. The molecule has 2 aromatic carbocycles. The molecule has 194 valence electrons. The van der Waals surface area contributed by atoms with Crippen LogP contribution in [0.25, 0.3) is 5.76 Å². The van der Waals surface area contributed by atoms with Crippen LogP contribution in [0.5, 0.6) is 11.5 Å². The summed E-state index contributed by atoms with van der Waals surface area (Å²) in [5, 5.41) is 11.5. The number of Topliss-reactive ketones (excluding diaryl/α,β-unsaturated/α-hetero) is 1. The van der Waals surface area contributed by atoms with E-state index in [1.807, 2.05) is 50.2 Å². The lowest BCUT2D eigenvalue weighted by Crippen LogP contribution is -2.30. The molecule has 3 rings (SSSR count). The number of hydrogen-bond donors (Lipinski definition) is 1. The number of carbonyl (C=O) groups excluding carboxylic acids is 2. The highest BCUT2D eigenvalue weighted by molar-refractivity contribution is 6.46. The Labute approximate surface area is 214 Å². The summed E-state index contributed by atoms with van der Waals surface area (Å²) in [6.07, 6.45) is 0.685. The molecule has 0 aromatic heterocycles. The van der Waals surface area contributed by atoms with Crippen molar-refractivity contribution in [1.82, 2.24) is 4.90 Å². The molecule has 1 amide bonds. The number of nitrogens with zero attached hydrogens (tertiary/aromatic N) is 1. The number of hydrogen-bond acceptors (Lipinski definition) is 5. The lowest BCUT2D eigenvalue weighted by Gasteiger charge is -2.26. The Morgan fingerprint density at radius 3 is 2.39 bits per heavy atom. The zero-order valence-corrected chi connectivity index (χ0v) is 22.6. The summed E-state index contributed by atoms with van der Waals surface area (Å²) in [6, 6.07) is 12.1. The molecule has 1 heterocycles. The minimum Gasteiger partial charge on any atom is -0.507 e. The summed E-state index contributed by atoms with van der Waals surface area (Å²) in [5.74, 6) is 0.304. The molecule has 0 aliphatic carbocycles. The topological polar surface area (TPSA) is 76.1 Å². The zero-order chi connectivity index (χ0) is 26.6. The van der Waals surface area contributed by atoms with Crippen molar-refractivity contribution in [2.75, 3.05) is 19.8 Å². The van der Waals surface area contributed by atoms with Gasteiger partial charge in [-0.2, -0.15) is 0 Å². The van der Waals surface area contributed by atoms with E-state index in [0.717, 1.165) is 16.9 Å². The molecule has 1 saturated heterocycles. The van der Waals surface area contributed by atoms with Gasteiger partial charge in [-0.15, -0.1) is 0 Å². The second-order valence-electron chi connectivity index (χ2n) is 10.7. The predicted octanol–water partition coefficient (Wildman–Crippen LogP) is 6.25. The Balaban J connectivity index is 2.17. The summed E-state index contributed by atoms with van der Waals surface area (Å²) in [5.41, 5.74) is 1.97. The molecule has 1 unspecified atom stereocenters. The van der Waals surface area contributed by atoms with Crippen LogP contribution in [0.3, 0.4) is 0 Å². The van der Waals surface area contributed by atoms with Crippen molar-refractivity contribution in [3.8, 4) is 11.5 Å². The highest BCUT2D eigenvalue weighted by atomic mass is 16.5. The SMILES string of the molecule is CCCN1C(=O)C(=O)/C(=C(/O)c2ccc(OCC)c(C(C)(C)C)c2)C1c1cccc(OCC(C)C)c1. The van der Waals surface area contributed by atoms with Gasteiger partial charge in [-0.25, -0.2) is 0 Å². The Morgan fingerprint density at radius 2 is 1.78 bits per heavy atom. The largest absolute Gasteiger partial charge is 0.507 e. The van der Waals surface area contributed by atoms with E-state index < -0.39 is 17.7 Å². The van der Waals surface area contributed by atoms with Crippen LogP contribution in [0.4, 0.5) is 0 Å². The molecule has 1 aliphatic heterocycles. The van der Waals surface area contributed by atoms with E-state index in [1.54, 1.807) is 11.0 Å². The summed E-state index contributed by atoms with van der Waals surface area (Å²) >= 11 is 0. The fraction of sp³-hybridized carbons (Fsp3) is 0.467.